The molecule has 17 heavy (non-hydrogen) atoms. The Morgan fingerprint density at radius 1 is 1.35 bits per heavy atom. The van der Waals surface area contributed by atoms with Crippen LogP contribution >= 0.6 is 0 Å². The van der Waals surface area contributed by atoms with Gasteiger partial charge in [0.2, 0.25) is 5.88 Å². The Labute approximate surface area is 104 Å². The van der Waals surface area contributed by atoms with E-state index >= 15 is 0 Å². The van der Waals surface area contributed by atoms with Gasteiger partial charge in [-0.3, -0.25) is 0 Å². The Balaban J connectivity index is 1.94. The molecule has 2 rings (SSSR count). The summed E-state index contributed by atoms with van der Waals surface area (Å²) in [5.74, 6) is 1.52. The zero-order valence-electron chi connectivity index (χ0n) is 10.8. The second-order valence-corrected chi connectivity index (χ2v) is 4.95. The summed E-state index contributed by atoms with van der Waals surface area (Å²) in [6.07, 6.45) is 5.35. The van der Waals surface area contributed by atoms with Crippen molar-refractivity contribution in [1.29, 1.82) is 0 Å². The first-order chi connectivity index (χ1) is 8.28. The molecular formula is C14H22N2O. The highest BCUT2D eigenvalue weighted by molar-refractivity contribution is 5.24. The fraction of sp³-hybridized carbons (Fsp3) is 0.643. The van der Waals surface area contributed by atoms with E-state index in [1.165, 1.54) is 31.2 Å². The highest BCUT2D eigenvalue weighted by Gasteiger charge is 2.15. The first kappa shape index (κ1) is 12.4. The van der Waals surface area contributed by atoms with Gasteiger partial charge < -0.3 is 10.1 Å². The Morgan fingerprint density at radius 3 is 2.82 bits per heavy atom. The molecule has 0 amide bonds. The number of hydrogen-bond acceptors (Lipinski definition) is 3. The third-order valence-corrected chi connectivity index (χ3v) is 3.31. The zero-order valence-corrected chi connectivity index (χ0v) is 10.8. The number of nitrogens with one attached hydrogen (secondary N) is 1. The lowest BCUT2D eigenvalue weighted by Gasteiger charge is -2.12. The fourth-order valence-electron chi connectivity index (χ4n) is 2.47. The van der Waals surface area contributed by atoms with Crippen molar-refractivity contribution < 1.29 is 4.74 Å². The zero-order chi connectivity index (χ0) is 12.1. The minimum atomic E-state index is 0.741. The molecule has 0 unspecified atom stereocenters. The standard InChI is InChI=1S/C14H22N2O/c1-11-7-13(9-15-2)8-14(16-11)17-10-12-5-3-4-6-12/h7-8,12,15H,3-6,9-10H2,1-2H3. The summed E-state index contributed by atoms with van der Waals surface area (Å²) in [5.41, 5.74) is 2.26. The lowest BCUT2D eigenvalue weighted by molar-refractivity contribution is 0.243. The molecule has 1 aromatic heterocycles. The molecule has 3 nitrogen and oxygen atoms in total. The average molecular weight is 234 g/mol. The molecule has 1 aliphatic carbocycles. The van der Waals surface area contributed by atoms with Gasteiger partial charge in [0.05, 0.1) is 6.61 Å². The van der Waals surface area contributed by atoms with Gasteiger partial charge >= 0.3 is 0 Å². The molecule has 0 atom stereocenters. The summed E-state index contributed by atoms with van der Waals surface area (Å²) in [7, 11) is 1.95. The molecule has 0 bridgehead atoms. The van der Waals surface area contributed by atoms with Crippen LogP contribution in [0.3, 0.4) is 0 Å². The maximum Gasteiger partial charge on any atom is 0.213 e. The molecule has 1 saturated carbocycles. The molecule has 1 N–H and O–H groups in total. The van der Waals surface area contributed by atoms with Crippen molar-refractivity contribution in [2.75, 3.05) is 13.7 Å². The first-order valence-electron chi connectivity index (χ1n) is 6.53. The Kier molecular flexibility index (Phi) is 4.37. The molecule has 1 aliphatic rings. The smallest absolute Gasteiger partial charge is 0.213 e. The molecule has 1 fully saturated rings. The predicted molar refractivity (Wildman–Crippen MR) is 69.2 cm³/mol. The van der Waals surface area contributed by atoms with Crippen LogP contribution in [0.4, 0.5) is 0 Å². The van der Waals surface area contributed by atoms with Crippen molar-refractivity contribution in [1.82, 2.24) is 10.3 Å². The highest BCUT2D eigenvalue weighted by Crippen LogP contribution is 2.25. The van der Waals surface area contributed by atoms with Crippen molar-refractivity contribution in [3.05, 3.63) is 23.4 Å². The summed E-state index contributed by atoms with van der Waals surface area (Å²) in [6.45, 7) is 3.71. The molecule has 0 aliphatic heterocycles. The van der Waals surface area contributed by atoms with E-state index in [-0.39, 0.29) is 0 Å². The molecule has 0 radical (unpaired) electrons. The van der Waals surface area contributed by atoms with E-state index in [1.54, 1.807) is 0 Å². The molecule has 94 valence electrons. The van der Waals surface area contributed by atoms with Crippen LogP contribution in [0.1, 0.15) is 36.9 Å². The fourth-order valence-corrected chi connectivity index (χ4v) is 2.47. The summed E-state index contributed by atoms with van der Waals surface area (Å²) in [6, 6.07) is 4.14. The molecule has 1 heterocycles. The van der Waals surface area contributed by atoms with Gasteiger partial charge in [0, 0.05) is 18.3 Å². The van der Waals surface area contributed by atoms with Crippen LogP contribution < -0.4 is 10.1 Å². The van der Waals surface area contributed by atoms with Crippen molar-refractivity contribution in [2.45, 2.75) is 39.2 Å². The van der Waals surface area contributed by atoms with E-state index in [0.717, 1.165) is 30.6 Å². The number of rotatable bonds is 5. The lowest BCUT2D eigenvalue weighted by Crippen LogP contribution is -2.10. The van der Waals surface area contributed by atoms with Crippen molar-refractivity contribution in [3.63, 3.8) is 0 Å². The summed E-state index contributed by atoms with van der Waals surface area (Å²) >= 11 is 0. The van der Waals surface area contributed by atoms with Crippen molar-refractivity contribution in [3.8, 4) is 5.88 Å². The molecule has 0 spiro atoms. The summed E-state index contributed by atoms with van der Waals surface area (Å²) in [4.78, 5) is 4.43. The van der Waals surface area contributed by atoms with Gasteiger partial charge in [0.25, 0.3) is 0 Å². The summed E-state index contributed by atoms with van der Waals surface area (Å²) in [5, 5.41) is 3.15. The van der Waals surface area contributed by atoms with Crippen molar-refractivity contribution in [2.24, 2.45) is 5.92 Å². The Morgan fingerprint density at radius 2 is 2.12 bits per heavy atom. The van der Waals surface area contributed by atoms with Crippen LogP contribution in [0.5, 0.6) is 5.88 Å². The minimum Gasteiger partial charge on any atom is -0.477 e. The van der Waals surface area contributed by atoms with Crippen LogP contribution in [0, 0.1) is 12.8 Å². The van der Waals surface area contributed by atoms with Gasteiger partial charge in [-0.2, -0.15) is 0 Å². The van der Waals surface area contributed by atoms with Gasteiger partial charge in [-0.05, 0) is 44.4 Å². The van der Waals surface area contributed by atoms with Crippen LogP contribution in [0.25, 0.3) is 0 Å². The quantitative estimate of drug-likeness (QED) is 0.850. The van der Waals surface area contributed by atoms with E-state index < -0.39 is 0 Å². The number of hydrogen-bond donors (Lipinski definition) is 1. The third kappa shape index (κ3) is 3.70. The van der Waals surface area contributed by atoms with Crippen LogP contribution in [-0.2, 0) is 6.54 Å². The minimum absolute atomic E-state index is 0.741. The van der Waals surface area contributed by atoms with E-state index in [0.29, 0.717) is 0 Å². The van der Waals surface area contributed by atoms with Crippen molar-refractivity contribution >= 4 is 0 Å². The van der Waals surface area contributed by atoms with Gasteiger partial charge in [0.1, 0.15) is 0 Å². The second kappa shape index (κ2) is 6.01. The number of ether oxygens (including phenoxy) is 1. The number of aromatic nitrogens is 1. The Bertz CT molecular complexity index is 359. The van der Waals surface area contributed by atoms with Gasteiger partial charge in [-0.15, -0.1) is 0 Å². The molecular weight excluding hydrogens is 212 g/mol. The van der Waals surface area contributed by atoms with E-state index in [2.05, 4.69) is 16.4 Å². The molecule has 1 aromatic rings. The lowest BCUT2D eigenvalue weighted by atomic mass is 10.1. The SMILES string of the molecule is CNCc1cc(C)nc(OCC2CCCC2)c1. The largest absolute Gasteiger partial charge is 0.477 e. The number of aryl methyl sites for hydroxylation is 1. The summed E-state index contributed by atoms with van der Waals surface area (Å²) < 4.78 is 5.82. The van der Waals surface area contributed by atoms with E-state index in [1.807, 2.05) is 20.0 Å². The second-order valence-electron chi connectivity index (χ2n) is 4.95. The monoisotopic (exact) mass is 234 g/mol. The molecule has 0 saturated heterocycles. The van der Waals surface area contributed by atoms with Gasteiger partial charge in [-0.25, -0.2) is 4.98 Å². The Hall–Kier alpha value is -1.09. The van der Waals surface area contributed by atoms with Gasteiger partial charge in [0.15, 0.2) is 0 Å². The van der Waals surface area contributed by atoms with E-state index in [9.17, 15) is 0 Å². The maximum atomic E-state index is 5.82. The van der Waals surface area contributed by atoms with E-state index in [4.69, 9.17) is 4.74 Å². The number of nitrogens with zero attached hydrogens (tertiary/aromatic N) is 1. The van der Waals surface area contributed by atoms with Crippen LogP contribution in [0.2, 0.25) is 0 Å². The van der Waals surface area contributed by atoms with Gasteiger partial charge in [-0.1, -0.05) is 12.8 Å². The third-order valence-electron chi connectivity index (χ3n) is 3.31. The molecule has 0 aromatic carbocycles. The first-order valence-corrected chi connectivity index (χ1v) is 6.53. The number of pyridine rings is 1. The maximum absolute atomic E-state index is 5.82. The van der Waals surface area contributed by atoms with Crippen LogP contribution in [0.15, 0.2) is 12.1 Å². The molecule has 3 heteroatoms. The normalized spacial score (nSPS) is 16.4. The average Bonchev–Trinajstić information content (AvgIpc) is 2.79. The van der Waals surface area contributed by atoms with Crippen LogP contribution in [-0.4, -0.2) is 18.6 Å². The highest BCUT2D eigenvalue weighted by atomic mass is 16.5. The topological polar surface area (TPSA) is 34.2 Å². The predicted octanol–water partition coefficient (Wildman–Crippen LogP) is 2.68.